The quantitative estimate of drug-likeness (QED) is 0.764. The maximum absolute atomic E-state index is 12.1. The number of aliphatic carboxylic acids is 1. The summed E-state index contributed by atoms with van der Waals surface area (Å²) < 4.78 is 0. The first kappa shape index (κ1) is 13.5. The summed E-state index contributed by atoms with van der Waals surface area (Å²) in [7, 11) is 0. The van der Waals surface area contributed by atoms with Gasteiger partial charge in [0.05, 0.1) is 12.3 Å². The van der Waals surface area contributed by atoms with Crippen molar-refractivity contribution in [2.24, 2.45) is 11.7 Å². The average molecular weight is 262 g/mol. The van der Waals surface area contributed by atoms with Crippen LogP contribution in [0.3, 0.4) is 0 Å². The molecule has 102 valence electrons. The number of nitrogens with two attached hydrogens (primary N) is 1. The van der Waals surface area contributed by atoms with Crippen LogP contribution in [0.2, 0.25) is 0 Å². The fourth-order valence-electron chi connectivity index (χ4n) is 2.48. The molecule has 4 N–H and O–H groups in total. The Bertz CT molecular complexity index is 487. The lowest BCUT2D eigenvalue weighted by molar-refractivity contribution is -0.136. The van der Waals surface area contributed by atoms with E-state index in [-0.39, 0.29) is 24.3 Å². The Hall–Kier alpha value is -1.88. The van der Waals surface area contributed by atoms with E-state index in [1.165, 1.54) is 0 Å². The molecule has 5 heteroatoms. The van der Waals surface area contributed by atoms with Crippen molar-refractivity contribution in [3.8, 4) is 0 Å². The Labute approximate surface area is 111 Å². The van der Waals surface area contributed by atoms with Crippen LogP contribution < -0.4 is 11.1 Å². The third-order valence-corrected chi connectivity index (χ3v) is 3.46. The van der Waals surface area contributed by atoms with E-state index < -0.39 is 5.97 Å². The van der Waals surface area contributed by atoms with E-state index in [0.29, 0.717) is 11.3 Å². The monoisotopic (exact) mass is 262 g/mol. The fraction of sp³-hybridized carbons (Fsp3) is 0.429. The van der Waals surface area contributed by atoms with Gasteiger partial charge in [0.1, 0.15) is 0 Å². The molecular weight excluding hydrogens is 244 g/mol. The highest BCUT2D eigenvalue weighted by atomic mass is 16.4. The van der Waals surface area contributed by atoms with Crippen LogP contribution in [-0.4, -0.2) is 23.0 Å². The molecule has 1 aliphatic rings. The zero-order valence-electron chi connectivity index (χ0n) is 10.6. The van der Waals surface area contributed by atoms with Gasteiger partial charge in [0.15, 0.2) is 0 Å². The first-order valence-corrected chi connectivity index (χ1v) is 6.43. The summed E-state index contributed by atoms with van der Waals surface area (Å²) in [5, 5.41) is 11.6. The fourth-order valence-corrected chi connectivity index (χ4v) is 2.48. The number of carboxylic acid groups (broad SMARTS) is 1. The molecule has 0 bridgehead atoms. The molecule has 0 radical (unpaired) electrons. The molecule has 0 aromatic heterocycles. The number of nitrogens with one attached hydrogen (secondary N) is 1. The highest BCUT2D eigenvalue weighted by molar-refractivity contribution is 5.93. The van der Waals surface area contributed by atoms with Gasteiger partial charge in [0.25, 0.3) is 0 Å². The molecule has 19 heavy (non-hydrogen) atoms. The van der Waals surface area contributed by atoms with Crippen LogP contribution in [0.1, 0.15) is 24.8 Å². The molecule has 2 unspecified atom stereocenters. The van der Waals surface area contributed by atoms with Crippen molar-refractivity contribution in [3.05, 3.63) is 29.8 Å². The van der Waals surface area contributed by atoms with Gasteiger partial charge >= 0.3 is 5.97 Å². The number of rotatable bonds is 4. The van der Waals surface area contributed by atoms with Crippen LogP contribution in [0.25, 0.3) is 0 Å². The number of anilines is 1. The van der Waals surface area contributed by atoms with Crippen LogP contribution in [0.5, 0.6) is 0 Å². The van der Waals surface area contributed by atoms with Crippen LogP contribution >= 0.6 is 0 Å². The molecule has 1 aliphatic carbocycles. The first-order valence-electron chi connectivity index (χ1n) is 6.43. The highest BCUT2D eigenvalue weighted by Crippen LogP contribution is 2.25. The zero-order valence-corrected chi connectivity index (χ0v) is 10.6. The molecule has 5 nitrogen and oxygen atoms in total. The Morgan fingerprint density at radius 3 is 2.79 bits per heavy atom. The molecule has 0 heterocycles. The van der Waals surface area contributed by atoms with E-state index >= 15 is 0 Å². The van der Waals surface area contributed by atoms with Crippen molar-refractivity contribution >= 4 is 17.6 Å². The van der Waals surface area contributed by atoms with Gasteiger partial charge in [-0.2, -0.15) is 0 Å². The molecule has 1 saturated carbocycles. The van der Waals surface area contributed by atoms with Crippen LogP contribution in [0, 0.1) is 5.92 Å². The van der Waals surface area contributed by atoms with Crippen molar-refractivity contribution in [2.75, 3.05) is 5.32 Å². The summed E-state index contributed by atoms with van der Waals surface area (Å²) in [6.45, 7) is 0. The Morgan fingerprint density at radius 1 is 1.37 bits per heavy atom. The van der Waals surface area contributed by atoms with Gasteiger partial charge in [-0.1, -0.05) is 18.6 Å². The van der Waals surface area contributed by atoms with Crippen molar-refractivity contribution in [2.45, 2.75) is 31.7 Å². The Kier molecular flexibility index (Phi) is 4.16. The second-order valence-electron chi connectivity index (χ2n) is 4.96. The summed E-state index contributed by atoms with van der Waals surface area (Å²) >= 11 is 0. The minimum atomic E-state index is -0.888. The molecular formula is C14H18N2O3. The molecule has 1 amide bonds. The topological polar surface area (TPSA) is 92.4 Å². The zero-order chi connectivity index (χ0) is 13.8. The van der Waals surface area contributed by atoms with Crippen LogP contribution in [0.15, 0.2) is 24.3 Å². The molecule has 0 spiro atoms. The average Bonchev–Trinajstić information content (AvgIpc) is 2.75. The lowest BCUT2D eigenvalue weighted by Crippen LogP contribution is -2.34. The van der Waals surface area contributed by atoms with E-state index in [1.54, 1.807) is 24.3 Å². The second kappa shape index (κ2) is 5.84. The smallest absolute Gasteiger partial charge is 0.307 e. The summed E-state index contributed by atoms with van der Waals surface area (Å²) in [5.41, 5.74) is 7.19. The van der Waals surface area contributed by atoms with E-state index in [1.807, 2.05) is 0 Å². The number of hydrogen-bond donors (Lipinski definition) is 3. The first-order chi connectivity index (χ1) is 9.06. The Morgan fingerprint density at radius 2 is 2.16 bits per heavy atom. The van der Waals surface area contributed by atoms with Crippen molar-refractivity contribution in [3.63, 3.8) is 0 Å². The van der Waals surface area contributed by atoms with Gasteiger partial charge < -0.3 is 16.2 Å². The van der Waals surface area contributed by atoms with Crippen LogP contribution in [0.4, 0.5) is 5.69 Å². The third kappa shape index (κ3) is 3.54. The maximum Gasteiger partial charge on any atom is 0.307 e. The molecule has 1 fully saturated rings. The second-order valence-corrected chi connectivity index (χ2v) is 4.96. The van der Waals surface area contributed by atoms with E-state index in [4.69, 9.17) is 10.8 Å². The molecule has 0 saturated heterocycles. The number of benzene rings is 1. The number of carbonyl (C=O) groups excluding carboxylic acids is 1. The van der Waals surface area contributed by atoms with Gasteiger partial charge in [0, 0.05) is 11.7 Å². The summed E-state index contributed by atoms with van der Waals surface area (Å²) in [5.74, 6) is -1.10. The predicted octanol–water partition coefficient (Wildman–Crippen LogP) is 1.38. The SMILES string of the molecule is NC1CCCC1C(=O)Nc1cccc(CC(=O)O)c1. The summed E-state index contributed by atoms with van der Waals surface area (Å²) in [6.07, 6.45) is 2.64. The minimum Gasteiger partial charge on any atom is -0.481 e. The van der Waals surface area contributed by atoms with Crippen LogP contribution in [-0.2, 0) is 16.0 Å². The van der Waals surface area contributed by atoms with E-state index in [0.717, 1.165) is 19.3 Å². The lowest BCUT2D eigenvalue weighted by atomic mass is 10.0. The van der Waals surface area contributed by atoms with Gasteiger partial charge in [-0.25, -0.2) is 0 Å². The summed E-state index contributed by atoms with van der Waals surface area (Å²) in [4.78, 5) is 22.7. The van der Waals surface area contributed by atoms with E-state index in [9.17, 15) is 9.59 Å². The third-order valence-electron chi connectivity index (χ3n) is 3.46. The number of carboxylic acids is 1. The largest absolute Gasteiger partial charge is 0.481 e. The lowest BCUT2D eigenvalue weighted by Gasteiger charge is -2.15. The summed E-state index contributed by atoms with van der Waals surface area (Å²) in [6, 6.07) is 6.84. The highest BCUT2D eigenvalue weighted by Gasteiger charge is 2.30. The van der Waals surface area contributed by atoms with Crippen molar-refractivity contribution in [1.29, 1.82) is 0 Å². The van der Waals surface area contributed by atoms with E-state index in [2.05, 4.69) is 5.32 Å². The molecule has 0 aliphatic heterocycles. The Balaban J connectivity index is 2.02. The normalized spacial score (nSPS) is 22.2. The van der Waals surface area contributed by atoms with Gasteiger partial charge in [-0.3, -0.25) is 9.59 Å². The maximum atomic E-state index is 12.1. The van der Waals surface area contributed by atoms with Gasteiger partial charge in [-0.15, -0.1) is 0 Å². The predicted molar refractivity (Wildman–Crippen MR) is 71.7 cm³/mol. The molecule has 2 rings (SSSR count). The molecule has 1 aromatic rings. The number of carbonyl (C=O) groups is 2. The number of hydrogen-bond acceptors (Lipinski definition) is 3. The standard InChI is InChI=1S/C14H18N2O3/c15-12-6-2-5-11(12)14(19)16-10-4-1-3-9(7-10)8-13(17)18/h1,3-4,7,11-12H,2,5-6,8,15H2,(H,16,19)(H,17,18). The number of amides is 1. The van der Waals surface area contributed by atoms with Gasteiger partial charge in [0.2, 0.25) is 5.91 Å². The van der Waals surface area contributed by atoms with Crippen molar-refractivity contribution < 1.29 is 14.7 Å². The molecule has 1 aromatic carbocycles. The van der Waals surface area contributed by atoms with Gasteiger partial charge in [-0.05, 0) is 30.5 Å². The minimum absolute atomic E-state index is 0.0490. The molecule has 2 atom stereocenters. The van der Waals surface area contributed by atoms with Crippen molar-refractivity contribution in [1.82, 2.24) is 0 Å².